The summed E-state index contributed by atoms with van der Waals surface area (Å²) in [4.78, 5) is 12.4. The van der Waals surface area contributed by atoms with Crippen molar-refractivity contribution in [3.63, 3.8) is 0 Å². The molecule has 0 aliphatic carbocycles. The van der Waals surface area contributed by atoms with E-state index in [-0.39, 0.29) is 10.8 Å². The maximum Gasteiger partial charge on any atom is 0.347 e. The molecule has 5 heteroatoms. The molecule has 0 saturated carbocycles. The molecule has 32 heavy (non-hydrogen) atoms. The molecule has 0 aliphatic rings. The number of aromatic hydroxyl groups is 1. The fraction of sp³-hybridized carbons (Fsp3) is 0.519. The van der Waals surface area contributed by atoms with E-state index < -0.39 is 11.6 Å². The van der Waals surface area contributed by atoms with E-state index in [9.17, 15) is 15.0 Å². The van der Waals surface area contributed by atoms with E-state index >= 15 is 0 Å². The van der Waals surface area contributed by atoms with Crippen LogP contribution in [-0.2, 0) is 22.0 Å². The SMILES string of the molecule is CC(C)(Oc1ccc(CCCSc2cc(C(C)(C)C)c(O)c(C(C)(C)C)c2)cc1)C(=O)O. The van der Waals surface area contributed by atoms with E-state index in [2.05, 4.69) is 53.7 Å². The number of carbonyl (C=O) groups is 1. The van der Waals surface area contributed by atoms with Crippen molar-refractivity contribution < 1.29 is 19.7 Å². The Labute approximate surface area is 197 Å². The Morgan fingerprint density at radius 3 is 1.84 bits per heavy atom. The summed E-state index contributed by atoms with van der Waals surface area (Å²) in [5.74, 6) is 0.964. The third kappa shape index (κ3) is 6.93. The number of carboxylic acid groups (broad SMARTS) is 1. The first-order valence-corrected chi connectivity index (χ1v) is 12.1. The van der Waals surface area contributed by atoms with Crippen molar-refractivity contribution >= 4 is 17.7 Å². The minimum Gasteiger partial charge on any atom is -0.507 e. The van der Waals surface area contributed by atoms with Crippen LogP contribution in [0.2, 0.25) is 0 Å². The maximum atomic E-state index is 11.2. The Morgan fingerprint density at radius 2 is 1.41 bits per heavy atom. The van der Waals surface area contributed by atoms with Crippen LogP contribution in [0.5, 0.6) is 11.5 Å². The molecule has 2 N–H and O–H groups in total. The molecular formula is C27H38O4S. The number of hydrogen-bond acceptors (Lipinski definition) is 4. The van der Waals surface area contributed by atoms with Gasteiger partial charge in [-0.2, -0.15) is 0 Å². The van der Waals surface area contributed by atoms with E-state index in [1.807, 2.05) is 36.0 Å². The summed E-state index contributed by atoms with van der Waals surface area (Å²) >= 11 is 1.82. The van der Waals surface area contributed by atoms with Crippen molar-refractivity contribution in [2.24, 2.45) is 0 Å². The van der Waals surface area contributed by atoms with Gasteiger partial charge < -0.3 is 14.9 Å². The van der Waals surface area contributed by atoms with Crippen molar-refractivity contribution in [2.45, 2.75) is 89.6 Å². The summed E-state index contributed by atoms with van der Waals surface area (Å²) in [6.07, 6.45) is 1.95. The lowest BCUT2D eigenvalue weighted by molar-refractivity contribution is -0.152. The van der Waals surface area contributed by atoms with E-state index in [0.29, 0.717) is 11.5 Å². The predicted molar refractivity (Wildman–Crippen MR) is 133 cm³/mol. The molecule has 0 unspecified atom stereocenters. The first-order valence-electron chi connectivity index (χ1n) is 11.1. The first kappa shape index (κ1) is 26.1. The molecule has 0 atom stereocenters. The highest BCUT2D eigenvalue weighted by Gasteiger charge is 2.29. The van der Waals surface area contributed by atoms with Crippen LogP contribution in [0, 0.1) is 0 Å². The lowest BCUT2D eigenvalue weighted by atomic mass is 9.79. The molecule has 2 aromatic rings. The van der Waals surface area contributed by atoms with E-state index in [1.54, 1.807) is 13.8 Å². The second-order valence-corrected chi connectivity index (χ2v) is 12.0. The van der Waals surface area contributed by atoms with Gasteiger partial charge in [0.05, 0.1) is 0 Å². The van der Waals surface area contributed by atoms with Gasteiger partial charge >= 0.3 is 5.97 Å². The molecule has 0 aliphatic heterocycles. The van der Waals surface area contributed by atoms with Crippen molar-refractivity contribution in [1.29, 1.82) is 0 Å². The standard InChI is InChI=1S/C27H38O4S/c1-25(2,3)21-16-20(17-22(23(21)28)26(4,5)6)32-15-9-10-18-11-13-19(14-12-18)31-27(7,8)24(29)30/h11-14,16-17,28H,9-10,15H2,1-8H3,(H,29,30). The molecule has 0 aromatic heterocycles. The summed E-state index contributed by atoms with van der Waals surface area (Å²) in [5.41, 5.74) is 1.68. The monoisotopic (exact) mass is 458 g/mol. The normalized spacial score (nSPS) is 12.6. The molecule has 0 radical (unpaired) electrons. The molecule has 0 saturated heterocycles. The molecule has 0 heterocycles. The van der Waals surface area contributed by atoms with Crippen LogP contribution in [0.1, 0.15) is 78.5 Å². The van der Waals surface area contributed by atoms with Crippen LogP contribution in [0.25, 0.3) is 0 Å². The molecule has 2 aromatic carbocycles. The van der Waals surface area contributed by atoms with Gasteiger partial charge in [-0.15, -0.1) is 11.8 Å². The van der Waals surface area contributed by atoms with Gasteiger partial charge in [0.15, 0.2) is 5.60 Å². The van der Waals surface area contributed by atoms with Crippen LogP contribution < -0.4 is 4.74 Å². The molecule has 0 spiro atoms. The van der Waals surface area contributed by atoms with Gasteiger partial charge in [-0.1, -0.05) is 53.7 Å². The fourth-order valence-electron chi connectivity index (χ4n) is 3.36. The molecule has 4 nitrogen and oxygen atoms in total. The smallest absolute Gasteiger partial charge is 0.347 e. The molecule has 0 fully saturated rings. The van der Waals surface area contributed by atoms with Crippen LogP contribution in [0.15, 0.2) is 41.3 Å². The molecule has 176 valence electrons. The van der Waals surface area contributed by atoms with Crippen molar-refractivity contribution in [1.82, 2.24) is 0 Å². The number of aryl methyl sites for hydroxylation is 1. The quantitative estimate of drug-likeness (QED) is 0.331. The van der Waals surface area contributed by atoms with E-state index in [0.717, 1.165) is 29.7 Å². The highest BCUT2D eigenvalue weighted by molar-refractivity contribution is 7.99. The number of ether oxygens (including phenoxy) is 1. The molecule has 0 bridgehead atoms. The number of thioether (sulfide) groups is 1. The largest absolute Gasteiger partial charge is 0.507 e. The Hall–Kier alpha value is -2.14. The van der Waals surface area contributed by atoms with Gasteiger partial charge in [0.2, 0.25) is 0 Å². The maximum absolute atomic E-state index is 11.2. The Balaban J connectivity index is 2.01. The summed E-state index contributed by atoms with van der Waals surface area (Å²) < 4.78 is 5.56. The Bertz CT molecular complexity index is 897. The van der Waals surface area contributed by atoms with Gasteiger partial charge in [-0.25, -0.2) is 4.79 Å². The number of benzene rings is 2. The number of phenols is 1. The third-order valence-electron chi connectivity index (χ3n) is 5.39. The zero-order chi connectivity index (χ0) is 24.3. The average Bonchev–Trinajstić information content (AvgIpc) is 2.65. The Kier molecular flexibility index (Phi) is 7.98. The zero-order valence-corrected chi connectivity index (χ0v) is 21.5. The first-order chi connectivity index (χ1) is 14.6. The van der Waals surface area contributed by atoms with Crippen molar-refractivity contribution in [3.05, 3.63) is 53.1 Å². The summed E-state index contributed by atoms with van der Waals surface area (Å²) in [7, 11) is 0. The predicted octanol–water partition coefficient (Wildman–Crippen LogP) is 6.95. The van der Waals surface area contributed by atoms with E-state index in [1.165, 1.54) is 10.5 Å². The van der Waals surface area contributed by atoms with Crippen molar-refractivity contribution in [2.75, 3.05) is 5.75 Å². The minimum absolute atomic E-state index is 0.125. The molecule has 2 rings (SSSR count). The summed E-state index contributed by atoms with van der Waals surface area (Å²) in [6, 6.07) is 11.9. The van der Waals surface area contributed by atoms with Gasteiger partial charge in [0, 0.05) is 16.0 Å². The van der Waals surface area contributed by atoms with Crippen molar-refractivity contribution in [3.8, 4) is 11.5 Å². The average molecular weight is 459 g/mol. The number of hydrogen-bond donors (Lipinski definition) is 2. The number of aliphatic carboxylic acids is 1. The molecular weight excluding hydrogens is 420 g/mol. The van der Waals surface area contributed by atoms with Gasteiger partial charge in [-0.05, 0) is 73.1 Å². The topological polar surface area (TPSA) is 66.8 Å². The highest BCUT2D eigenvalue weighted by atomic mass is 32.2. The number of carboxylic acids is 1. The van der Waals surface area contributed by atoms with Crippen LogP contribution in [-0.4, -0.2) is 27.5 Å². The number of rotatable bonds is 8. The van der Waals surface area contributed by atoms with Gasteiger partial charge in [0.1, 0.15) is 11.5 Å². The lowest BCUT2D eigenvalue weighted by Gasteiger charge is -2.28. The lowest BCUT2D eigenvalue weighted by Crippen LogP contribution is -2.37. The zero-order valence-electron chi connectivity index (χ0n) is 20.7. The van der Waals surface area contributed by atoms with E-state index in [4.69, 9.17) is 4.74 Å². The van der Waals surface area contributed by atoms with Crippen LogP contribution in [0.4, 0.5) is 0 Å². The Morgan fingerprint density at radius 1 is 0.906 bits per heavy atom. The minimum atomic E-state index is -1.25. The van der Waals surface area contributed by atoms with Crippen LogP contribution in [0.3, 0.4) is 0 Å². The van der Waals surface area contributed by atoms with Gasteiger partial charge in [0.25, 0.3) is 0 Å². The third-order valence-corrected chi connectivity index (χ3v) is 6.45. The highest BCUT2D eigenvalue weighted by Crippen LogP contribution is 2.41. The fourth-order valence-corrected chi connectivity index (χ4v) is 4.29. The number of phenolic OH excluding ortho intramolecular Hbond substituents is 1. The second-order valence-electron chi connectivity index (χ2n) is 10.9. The summed E-state index contributed by atoms with van der Waals surface area (Å²) in [6.45, 7) is 15.9. The summed E-state index contributed by atoms with van der Waals surface area (Å²) in [5, 5.41) is 20.1. The van der Waals surface area contributed by atoms with Gasteiger partial charge in [-0.3, -0.25) is 0 Å². The second kappa shape index (κ2) is 9.78. The molecule has 0 amide bonds. The van der Waals surface area contributed by atoms with Crippen LogP contribution >= 0.6 is 11.8 Å².